The van der Waals surface area contributed by atoms with Gasteiger partial charge in [-0.2, -0.15) is 4.31 Å². The van der Waals surface area contributed by atoms with E-state index < -0.39 is 15.8 Å². The van der Waals surface area contributed by atoms with E-state index in [2.05, 4.69) is 0 Å². The third-order valence-electron chi connectivity index (χ3n) is 4.48. The molecule has 0 spiro atoms. The van der Waals surface area contributed by atoms with Crippen molar-refractivity contribution < 1.29 is 22.4 Å². The van der Waals surface area contributed by atoms with Crippen LogP contribution in [0.1, 0.15) is 19.8 Å². The molecule has 1 aliphatic rings. The second-order valence-electron chi connectivity index (χ2n) is 5.99. The van der Waals surface area contributed by atoms with E-state index in [0.717, 1.165) is 0 Å². The van der Waals surface area contributed by atoms with Crippen molar-refractivity contribution in [2.45, 2.75) is 24.7 Å². The van der Waals surface area contributed by atoms with E-state index in [1.54, 1.807) is 20.0 Å². The summed E-state index contributed by atoms with van der Waals surface area (Å²) in [6, 6.07) is 4.38. The minimum absolute atomic E-state index is 0.0731. The molecule has 1 aromatic carbocycles. The molecular formula is C16H20N2O6S. The van der Waals surface area contributed by atoms with Crippen LogP contribution < -0.4 is 5.76 Å². The third-order valence-corrected chi connectivity index (χ3v) is 6.37. The lowest BCUT2D eigenvalue weighted by atomic mass is 9.98. The van der Waals surface area contributed by atoms with Crippen LogP contribution in [-0.2, 0) is 26.6 Å². The van der Waals surface area contributed by atoms with E-state index in [1.165, 1.54) is 21.0 Å². The van der Waals surface area contributed by atoms with Gasteiger partial charge in [-0.1, -0.05) is 0 Å². The van der Waals surface area contributed by atoms with Gasteiger partial charge in [0, 0.05) is 26.2 Å². The molecule has 136 valence electrons. The molecule has 1 fully saturated rings. The fourth-order valence-corrected chi connectivity index (χ4v) is 4.50. The van der Waals surface area contributed by atoms with Gasteiger partial charge in [-0.15, -0.1) is 0 Å². The maximum absolute atomic E-state index is 12.8. The summed E-state index contributed by atoms with van der Waals surface area (Å²) in [5.41, 5.74) is 0.764. The summed E-state index contributed by atoms with van der Waals surface area (Å²) < 4.78 is 38.3. The Morgan fingerprint density at radius 3 is 2.64 bits per heavy atom. The number of esters is 1. The Morgan fingerprint density at radius 2 is 2.00 bits per heavy atom. The van der Waals surface area contributed by atoms with Crippen molar-refractivity contribution in [3.8, 4) is 0 Å². The minimum atomic E-state index is -3.71. The highest BCUT2D eigenvalue weighted by Crippen LogP contribution is 2.26. The number of hydrogen-bond donors (Lipinski definition) is 0. The van der Waals surface area contributed by atoms with Crippen LogP contribution in [0.2, 0.25) is 0 Å². The lowest BCUT2D eigenvalue weighted by Gasteiger charge is -2.30. The summed E-state index contributed by atoms with van der Waals surface area (Å²) in [6.45, 7) is 2.57. The molecule has 3 rings (SSSR count). The first-order valence-electron chi connectivity index (χ1n) is 8.11. The predicted molar refractivity (Wildman–Crippen MR) is 89.6 cm³/mol. The second kappa shape index (κ2) is 6.64. The zero-order chi connectivity index (χ0) is 18.2. The lowest BCUT2D eigenvalue weighted by molar-refractivity contribution is -0.149. The monoisotopic (exact) mass is 368 g/mol. The first-order chi connectivity index (χ1) is 11.8. The van der Waals surface area contributed by atoms with Gasteiger partial charge >= 0.3 is 11.7 Å². The number of fused-ring (bicyclic) bond motifs is 1. The highest BCUT2D eigenvalue weighted by atomic mass is 32.2. The van der Waals surface area contributed by atoms with E-state index in [1.807, 2.05) is 0 Å². The third kappa shape index (κ3) is 3.21. The number of carbonyl (C=O) groups is 1. The van der Waals surface area contributed by atoms with Crippen LogP contribution in [0.5, 0.6) is 0 Å². The standard InChI is InChI=1S/C16H20N2O6S/c1-3-23-15(19)11-6-8-18(9-7-11)25(21,22)12-4-5-13-14(10-12)24-16(20)17(13)2/h4-5,10-11H,3,6-9H2,1-2H3. The topological polar surface area (TPSA) is 98.8 Å². The summed E-state index contributed by atoms with van der Waals surface area (Å²) in [4.78, 5) is 23.4. The van der Waals surface area contributed by atoms with Crippen molar-refractivity contribution >= 4 is 27.1 Å². The smallest absolute Gasteiger partial charge is 0.419 e. The fraction of sp³-hybridized carbons (Fsp3) is 0.500. The molecule has 1 aliphatic heterocycles. The summed E-state index contributed by atoms with van der Waals surface area (Å²) in [7, 11) is -2.15. The average molecular weight is 368 g/mol. The van der Waals surface area contributed by atoms with E-state index in [4.69, 9.17) is 9.15 Å². The lowest BCUT2D eigenvalue weighted by Crippen LogP contribution is -2.40. The molecule has 0 unspecified atom stereocenters. The number of sulfonamides is 1. The zero-order valence-corrected chi connectivity index (χ0v) is 14.9. The Morgan fingerprint density at radius 1 is 1.32 bits per heavy atom. The number of hydrogen-bond acceptors (Lipinski definition) is 6. The number of ether oxygens (including phenoxy) is 1. The van der Waals surface area contributed by atoms with Gasteiger partial charge in [-0.25, -0.2) is 13.2 Å². The van der Waals surface area contributed by atoms with Crippen LogP contribution in [0.25, 0.3) is 11.1 Å². The number of benzene rings is 1. The first kappa shape index (κ1) is 17.7. The molecule has 0 saturated carbocycles. The Labute approximate surface area is 145 Å². The Kier molecular flexibility index (Phi) is 4.70. The van der Waals surface area contributed by atoms with Crippen LogP contribution in [0.15, 0.2) is 32.3 Å². The highest BCUT2D eigenvalue weighted by molar-refractivity contribution is 7.89. The number of oxazole rings is 1. The molecule has 8 nitrogen and oxygen atoms in total. The quantitative estimate of drug-likeness (QED) is 0.749. The Bertz CT molecular complexity index is 951. The van der Waals surface area contributed by atoms with Crippen molar-refractivity contribution in [2.24, 2.45) is 13.0 Å². The van der Waals surface area contributed by atoms with Gasteiger partial charge in [0.2, 0.25) is 10.0 Å². The van der Waals surface area contributed by atoms with Crippen LogP contribution >= 0.6 is 0 Å². The van der Waals surface area contributed by atoms with Crippen molar-refractivity contribution in [3.05, 3.63) is 28.7 Å². The van der Waals surface area contributed by atoms with Gasteiger partial charge in [0.15, 0.2) is 5.58 Å². The summed E-state index contributed by atoms with van der Waals surface area (Å²) in [5, 5.41) is 0. The van der Waals surface area contributed by atoms with E-state index >= 15 is 0 Å². The summed E-state index contributed by atoms with van der Waals surface area (Å²) >= 11 is 0. The Balaban J connectivity index is 1.81. The van der Waals surface area contributed by atoms with Crippen LogP contribution in [0, 0.1) is 5.92 Å². The maximum Gasteiger partial charge on any atom is 0.419 e. The summed E-state index contributed by atoms with van der Waals surface area (Å²) in [6.07, 6.45) is 0.863. The van der Waals surface area contributed by atoms with E-state index in [-0.39, 0.29) is 35.5 Å². The number of rotatable bonds is 4. The average Bonchev–Trinajstić information content (AvgIpc) is 2.89. The molecule has 25 heavy (non-hydrogen) atoms. The molecule has 1 saturated heterocycles. The first-order valence-corrected chi connectivity index (χ1v) is 9.55. The normalized spacial score (nSPS) is 17.0. The molecule has 1 aromatic heterocycles. The van der Waals surface area contributed by atoms with Crippen LogP contribution in [-0.4, -0.2) is 43.0 Å². The van der Waals surface area contributed by atoms with Gasteiger partial charge in [-0.3, -0.25) is 9.36 Å². The minimum Gasteiger partial charge on any atom is -0.466 e. The molecule has 9 heteroatoms. The zero-order valence-electron chi connectivity index (χ0n) is 14.1. The Hall–Kier alpha value is -2.13. The predicted octanol–water partition coefficient (Wildman–Crippen LogP) is 1.10. The van der Waals surface area contributed by atoms with Crippen molar-refractivity contribution in [1.29, 1.82) is 0 Å². The number of aromatic nitrogens is 1. The largest absolute Gasteiger partial charge is 0.466 e. The van der Waals surface area contributed by atoms with E-state index in [0.29, 0.717) is 25.0 Å². The number of aryl methyl sites for hydroxylation is 1. The molecule has 0 radical (unpaired) electrons. The number of piperidine rings is 1. The van der Waals surface area contributed by atoms with Crippen LogP contribution in [0.3, 0.4) is 0 Å². The molecule has 2 aromatic rings. The van der Waals surface area contributed by atoms with Crippen molar-refractivity contribution in [3.63, 3.8) is 0 Å². The molecule has 0 bridgehead atoms. The van der Waals surface area contributed by atoms with Gasteiger partial charge < -0.3 is 9.15 Å². The molecule has 2 heterocycles. The molecular weight excluding hydrogens is 348 g/mol. The number of carbonyl (C=O) groups excluding carboxylic acids is 1. The molecule has 0 N–H and O–H groups in total. The van der Waals surface area contributed by atoms with Gasteiger partial charge in [0.1, 0.15) is 0 Å². The molecule has 0 atom stereocenters. The van der Waals surface area contributed by atoms with Crippen molar-refractivity contribution in [2.75, 3.05) is 19.7 Å². The number of nitrogens with zero attached hydrogens (tertiary/aromatic N) is 2. The van der Waals surface area contributed by atoms with E-state index in [9.17, 15) is 18.0 Å². The fourth-order valence-electron chi connectivity index (χ4n) is 3.02. The van der Waals surface area contributed by atoms with Gasteiger partial charge in [-0.05, 0) is 31.9 Å². The van der Waals surface area contributed by atoms with Gasteiger partial charge in [0.05, 0.1) is 22.9 Å². The SMILES string of the molecule is CCOC(=O)C1CCN(S(=O)(=O)c2ccc3c(c2)oc(=O)n3C)CC1. The molecule has 0 amide bonds. The molecule has 0 aliphatic carbocycles. The summed E-state index contributed by atoms with van der Waals surface area (Å²) in [5.74, 6) is -1.08. The van der Waals surface area contributed by atoms with Crippen molar-refractivity contribution in [1.82, 2.24) is 8.87 Å². The maximum atomic E-state index is 12.8. The highest BCUT2D eigenvalue weighted by Gasteiger charge is 2.33. The van der Waals surface area contributed by atoms with Gasteiger partial charge in [0.25, 0.3) is 0 Å². The van der Waals surface area contributed by atoms with Crippen LogP contribution in [0.4, 0.5) is 0 Å². The second-order valence-corrected chi connectivity index (χ2v) is 7.92.